The molecule has 0 nitrogen and oxygen atoms in total. The van der Waals surface area contributed by atoms with Crippen molar-refractivity contribution in [2.24, 2.45) is 17.3 Å². The summed E-state index contributed by atoms with van der Waals surface area (Å²) in [6, 6.07) is 0. The van der Waals surface area contributed by atoms with Crippen molar-refractivity contribution >= 4 is 0 Å². The zero-order valence-corrected chi connectivity index (χ0v) is 9.07. The van der Waals surface area contributed by atoms with Crippen molar-refractivity contribution in [3.8, 4) is 0 Å². The fraction of sp³-hybridized carbons (Fsp3) is 1.00. The van der Waals surface area contributed by atoms with E-state index in [0.717, 1.165) is 11.8 Å². The van der Waals surface area contributed by atoms with E-state index in [1.165, 1.54) is 12.8 Å². The maximum absolute atomic E-state index is 2.41. The van der Waals surface area contributed by atoms with Gasteiger partial charge in [-0.25, -0.2) is 0 Å². The summed E-state index contributed by atoms with van der Waals surface area (Å²) >= 11 is 0. The molecule has 0 radical (unpaired) electrons. The van der Waals surface area contributed by atoms with Gasteiger partial charge >= 0.3 is 0 Å². The normalized spacial score (nSPS) is 15.5. The quantitative estimate of drug-likeness (QED) is 0.574. The molecule has 0 rings (SSSR count). The second kappa shape index (κ2) is 4.13. The third-order valence-electron chi connectivity index (χ3n) is 3.71. The molecule has 68 valence electrons. The Morgan fingerprint density at radius 1 is 1.00 bits per heavy atom. The molecule has 0 bridgehead atoms. The Kier molecular flexibility index (Phi) is 4.13. The van der Waals surface area contributed by atoms with Crippen molar-refractivity contribution in [1.82, 2.24) is 0 Å². The van der Waals surface area contributed by atoms with Crippen LogP contribution in [0.1, 0.15) is 54.4 Å². The summed E-state index contributed by atoms with van der Waals surface area (Å²) in [4.78, 5) is 0. The highest BCUT2D eigenvalue weighted by Gasteiger charge is 2.28. The molecule has 0 amide bonds. The van der Waals surface area contributed by atoms with Crippen molar-refractivity contribution < 1.29 is 0 Å². The fourth-order valence-electron chi connectivity index (χ4n) is 1.70. The highest BCUT2D eigenvalue weighted by Crippen LogP contribution is 2.38. The van der Waals surface area contributed by atoms with Gasteiger partial charge in [0.2, 0.25) is 0 Å². The van der Waals surface area contributed by atoms with E-state index in [9.17, 15) is 0 Å². The third-order valence-corrected chi connectivity index (χ3v) is 3.71. The summed E-state index contributed by atoms with van der Waals surface area (Å²) in [5, 5.41) is 0. The Labute approximate surface area is 72.4 Å². The van der Waals surface area contributed by atoms with E-state index in [1.54, 1.807) is 0 Å². The number of hydrogen-bond acceptors (Lipinski definition) is 0. The Hall–Kier alpha value is 0. The molecule has 0 aromatic heterocycles. The Bertz CT molecular complexity index is 98.6. The van der Waals surface area contributed by atoms with E-state index in [-0.39, 0.29) is 0 Å². The van der Waals surface area contributed by atoms with Crippen LogP contribution < -0.4 is 0 Å². The van der Waals surface area contributed by atoms with Crippen molar-refractivity contribution in [1.29, 1.82) is 0 Å². The Balaban J connectivity index is 4.24. The predicted octanol–water partition coefficient (Wildman–Crippen LogP) is 4.10. The lowest BCUT2D eigenvalue weighted by Gasteiger charge is -2.36. The Morgan fingerprint density at radius 2 is 1.36 bits per heavy atom. The van der Waals surface area contributed by atoms with Crippen molar-refractivity contribution in [2.45, 2.75) is 54.4 Å². The lowest BCUT2D eigenvalue weighted by molar-refractivity contribution is 0.138. The molecule has 0 N–H and O–H groups in total. The summed E-state index contributed by atoms with van der Waals surface area (Å²) in [7, 11) is 0. The average Bonchev–Trinajstić information content (AvgIpc) is 2.01. The van der Waals surface area contributed by atoms with Crippen molar-refractivity contribution in [3.63, 3.8) is 0 Å². The highest BCUT2D eigenvalue weighted by molar-refractivity contribution is 4.78. The van der Waals surface area contributed by atoms with Crippen LogP contribution >= 0.6 is 0 Å². The molecule has 0 spiro atoms. The van der Waals surface area contributed by atoms with Gasteiger partial charge in [0.15, 0.2) is 0 Å². The van der Waals surface area contributed by atoms with E-state index in [4.69, 9.17) is 0 Å². The molecule has 0 aromatic rings. The van der Waals surface area contributed by atoms with Crippen LogP contribution in [-0.2, 0) is 0 Å². The second-order valence-electron chi connectivity index (χ2n) is 4.39. The summed E-state index contributed by atoms with van der Waals surface area (Å²) in [6.07, 6.45) is 2.62. The van der Waals surface area contributed by atoms with Gasteiger partial charge in [-0.05, 0) is 17.3 Å². The molecule has 0 heterocycles. The number of hydrogen-bond donors (Lipinski definition) is 0. The first kappa shape index (κ1) is 11.0. The molecule has 1 unspecified atom stereocenters. The molecule has 0 saturated carbocycles. The van der Waals surface area contributed by atoms with Crippen LogP contribution in [0.3, 0.4) is 0 Å². The van der Waals surface area contributed by atoms with Gasteiger partial charge in [0.25, 0.3) is 0 Å². The van der Waals surface area contributed by atoms with Crippen LogP contribution in [0.15, 0.2) is 0 Å². The number of rotatable bonds is 4. The molecule has 0 aliphatic heterocycles. The third kappa shape index (κ3) is 2.50. The minimum absolute atomic E-state index is 0.564. The highest BCUT2D eigenvalue weighted by atomic mass is 14.3. The minimum Gasteiger partial charge on any atom is -0.0649 e. The lowest BCUT2D eigenvalue weighted by Crippen LogP contribution is -2.27. The van der Waals surface area contributed by atoms with Crippen LogP contribution in [-0.4, -0.2) is 0 Å². The SMILES string of the molecule is CCC(C)(CC)C(C)C(C)C. The van der Waals surface area contributed by atoms with Crippen molar-refractivity contribution in [3.05, 3.63) is 0 Å². The molecule has 11 heavy (non-hydrogen) atoms. The van der Waals surface area contributed by atoms with E-state index in [0.29, 0.717) is 5.41 Å². The molecule has 0 aromatic carbocycles. The van der Waals surface area contributed by atoms with Crippen molar-refractivity contribution in [2.75, 3.05) is 0 Å². The van der Waals surface area contributed by atoms with Gasteiger partial charge in [0.05, 0.1) is 0 Å². The van der Waals surface area contributed by atoms with Crippen LogP contribution in [0, 0.1) is 17.3 Å². The van der Waals surface area contributed by atoms with Crippen LogP contribution in [0.25, 0.3) is 0 Å². The molecule has 0 heteroatoms. The van der Waals surface area contributed by atoms with Gasteiger partial charge in [0, 0.05) is 0 Å². The van der Waals surface area contributed by atoms with Gasteiger partial charge in [-0.2, -0.15) is 0 Å². The van der Waals surface area contributed by atoms with Gasteiger partial charge in [-0.3, -0.25) is 0 Å². The maximum Gasteiger partial charge on any atom is -0.0303 e. The maximum atomic E-state index is 2.41. The summed E-state index contributed by atoms with van der Waals surface area (Å²) < 4.78 is 0. The summed E-state index contributed by atoms with van der Waals surface area (Å²) in [5.74, 6) is 1.66. The monoisotopic (exact) mass is 156 g/mol. The first-order valence-corrected chi connectivity index (χ1v) is 4.98. The average molecular weight is 156 g/mol. The van der Waals surface area contributed by atoms with Crippen LogP contribution in [0.4, 0.5) is 0 Å². The molecule has 0 aliphatic rings. The first-order valence-electron chi connectivity index (χ1n) is 4.98. The van der Waals surface area contributed by atoms with E-state index < -0.39 is 0 Å². The second-order valence-corrected chi connectivity index (χ2v) is 4.39. The smallest absolute Gasteiger partial charge is 0.0303 e. The fourth-order valence-corrected chi connectivity index (χ4v) is 1.70. The molecular weight excluding hydrogens is 132 g/mol. The van der Waals surface area contributed by atoms with Crippen LogP contribution in [0.2, 0.25) is 0 Å². The Morgan fingerprint density at radius 3 is 1.45 bits per heavy atom. The zero-order valence-electron chi connectivity index (χ0n) is 9.07. The van der Waals surface area contributed by atoms with Gasteiger partial charge in [-0.1, -0.05) is 54.4 Å². The summed E-state index contributed by atoms with van der Waals surface area (Å²) in [5.41, 5.74) is 0.564. The van der Waals surface area contributed by atoms with Gasteiger partial charge in [0.1, 0.15) is 0 Å². The van der Waals surface area contributed by atoms with E-state index in [2.05, 4.69) is 41.5 Å². The van der Waals surface area contributed by atoms with E-state index in [1.807, 2.05) is 0 Å². The summed E-state index contributed by atoms with van der Waals surface area (Å²) in [6.45, 7) is 14.1. The minimum atomic E-state index is 0.564. The standard InChI is InChI=1S/C11H24/c1-7-11(6,8-2)10(5)9(3)4/h9-10H,7-8H2,1-6H3. The molecular formula is C11H24. The molecule has 0 aliphatic carbocycles. The largest absolute Gasteiger partial charge is 0.0649 e. The van der Waals surface area contributed by atoms with Gasteiger partial charge < -0.3 is 0 Å². The molecule has 0 fully saturated rings. The lowest BCUT2D eigenvalue weighted by atomic mass is 9.69. The molecule has 0 saturated heterocycles. The van der Waals surface area contributed by atoms with E-state index >= 15 is 0 Å². The first-order chi connectivity index (χ1) is 4.98. The predicted molar refractivity (Wildman–Crippen MR) is 52.7 cm³/mol. The topological polar surface area (TPSA) is 0 Å². The zero-order chi connectivity index (χ0) is 9.07. The molecule has 1 atom stereocenters. The van der Waals surface area contributed by atoms with Gasteiger partial charge in [-0.15, -0.1) is 0 Å². The van der Waals surface area contributed by atoms with Crippen LogP contribution in [0.5, 0.6) is 0 Å².